The van der Waals surface area contributed by atoms with Crippen molar-refractivity contribution < 1.29 is 0 Å². The van der Waals surface area contributed by atoms with Gasteiger partial charge in [0, 0.05) is 19.2 Å². The predicted molar refractivity (Wildman–Crippen MR) is 73.3 cm³/mol. The molecule has 2 aromatic heterocycles. The molecule has 6 heteroatoms. The first-order valence-electron chi connectivity index (χ1n) is 5.47. The highest BCUT2D eigenvalue weighted by molar-refractivity contribution is 14.1. The summed E-state index contributed by atoms with van der Waals surface area (Å²) in [6.07, 6.45) is 6.08. The fraction of sp³-hybridized carbons (Fsp3) is 0.364. The van der Waals surface area contributed by atoms with E-state index in [1.54, 1.807) is 10.9 Å². The number of anilines is 1. The number of nitrogens with zero attached hydrogens (tertiary/aromatic N) is 4. The Labute approximate surface area is 113 Å². The van der Waals surface area contributed by atoms with E-state index < -0.39 is 0 Å². The van der Waals surface area contributed by atoms with Crippen molar-refractivity contribution in [3.63, 3.8) is 0 Å². The Morgan fingerprint density at radius 2 is 2.18 bits per heavy atom. The van der Waals surface area contributed by atoms with E-state index >= 15 is 0 Å². The van der Waals surface area contributed by atoms with E-state index in [4.69, 9.17) is 5.73 Å². The zero-order valence-corrected chi connectivity index (χ0v) is 11.5. The summed E-state index contributed by atoms with van der Waals surface area (Å²) in [4.78, 5) is 8.96. The average Bonchev–Trinajstić information content (AvgIpc) is 3.05. The highest BCUT2D eigenvalue weighted by Crippen LogP contribution is 2.42. The van der Waals surface area contributed by atoms with Crippen LogP contribution in [-0.2, 0) is 7.05 Å². The topological polar surface area (TPSA) is 69.6 Å². The van der Waals surface area contributed by atoms with Gasteiger partial charge < -0.3 is 5.73 Å². The highest BCUT2D eigenvalue weighted by Gasteiger charge is 2.29. The summed E-state index contributed by atoms with van der Waals surface area (Å²) in [7, 11) is 1.88. The summed E-state index contributed by atoms with van der Waals surface area (Å²) >= 11 is 2.23. The lowest BCUT2D eigenvalue weighted by Gasteiger charge is -2.06. The SMILES string of the molecule is Cn1cc(-c2nc(N)c(I)c(C3CC3)n2)cn1. The Kier molecular flexibility index (Phi) is 2.53. The first-order chi connectivity index (χ1) is 8.15. The first kappa shape index (κ1) is 10.9. The third-order valence-corrected chi connectivity index (χ3v) is 3.93. The quantitative estimate of drug-likeness (QED) is 0.848. The van der Waals surface area contributed by atoms with Crippen molar-refractivity contribution in [1.29, 1.82) is 0 Å². The maximum Gasteiger partial charge on any atom is 0.165 e. The van der Waals surface area contributed by atoms with Crippen molar-refractivity contribution in [3.05, 3.63) is 21.7 Å². The minimum absolute atomic E-state index is 0.571. The van der Waals surface area contributed by atoms with Gasteiger partial charge >= 0.3 is 0 Å². The van der Waals surface area contributed by atoms with Crippen molar-refractivity contribution in [1.82, 2.24) is 19.7 Å². The number of hydrogen-bond donors (Lipinski definition) is 1. The van der Waals surface area contributed by atoms with E-state index in [9.17, 15) is 0 Å². The third-order valence-electron chi connectivity index (χ3n) is 2.83. The molecule has 0 unspecified atom stereocenters. The van der Waals surface area contributed by atoms with Crippen LogP contribution in [0.25, 0.3) is 11.4 Å². The Hall–Kier alpha value is -1.18. The largest absolute Gasteiger partial charge is 0.383 e. The molecule has 3 rings (SSSR count). The Morgan fingerprint density at radius 3 is 2.76 bits per heavy atom. The van der Waals surface area contributed by atoms with Gasteiger partial charge in [0.1, 0.15) is 5.82 Å². The molecule has 0 atom stereocenters. The van der Waals surface area contributed by atoms with Crippen LogP contribution in [0.5, 0.6) is 0 Å². The summed E-state index contributed by atoms with van der Waals surface area (Å²) in [5.41, 5.74) is 7.95. The molecule has 0 spiro atoms. The molecule has 0 radical (unpaired) electrons. The van der Waals surface area contributed by atoms with Crippen LogP contribution >= 0.6 is 22.6 Å². The number of aryl methyl sites for hydroxylation is 1. The van der Waals surface area contributed by atoms with Gasteiger partial charge in [-0.3, -0.25) is 4.68 Å². The minimum atomic E-state index is 0.571. The Balaban J connectivity index is 2.11. The lowest BCUT2D eigenvalue weighted by atomic mass is 10.2. The van der Waals surface area contributed by atoms with E-state index in [1.807, 2.05) is 13.2 Å². The normalized spacial score (nSPS) is 15.2. The summed E-state index contributed by atoms with van der Waals surface area (Å²) in [5.74, 6) is 1.82. The molecule has 0 aromatic carbocycles. The van der Waals surface area contributed by atoms with Gasteiger partial charge in [0.2, 0.25) is 0 Å². The van der Waals surface area contributed by atoms with E-state index in [0.717, 1.165) is 14.8 Å². The molecule has 1 fully saturated rings. The molecule has 0 saturated heterocycles. The Morgan fingerprint density at radius 1 is 1.41 bits per heavy atom. The van der Waals surface area contributed by atoms with Crippen molar-refractivity contribution in [2.75, 3.05) is 5.73 Å². The van der Waals surface area contributed by atoms with Crippen molar-refractivity contribution in [2.45, 2.75) is 18.8 Å². The molecule has 2 heterocycles. The lowest BCUT2D eigenvalue weighted by Crippen LogP contribution is -2.03. The molecule has 0 aliphatic heterocycles. The van der Waals surface area contributed by atoms with Crippen LogP contribution in [0.2, 0.25) is 0 Å². The number of halogens is 1. The molecule has 5 nitrogen and oxygen atoms in total. The maximum atomic E-state index is 5.95. The number of nitrogen functional groups attached to an aromatic ring is 1. The zero-order valence-electron chi connectivity index (χ0n) is 9.39. The van der Waals surface area contributed by atoms with Gasteiger partial charge in [0.05, 0.1) is 21.0 Å². The second-order valence-electron chi connectivity index (χ2n) is 4.31. The molecule has 0 bridgehead atoms. The lowest BCUT2D eigenvalue weighted by molar-refractivity contribution is 0.768. The van der Waals surface area contributed by atoms with Gasteiger partial charge in [-0.2, -0.15) is 5.10 Å². The van der Waals surface area contributed by atoms with E-state index in [0.29, 0.717) is 17.6 Å². The van der Waals surface area contributed by atoms with Gasteiger partial charge in [0.25, 0.3) is 0 Å². The van der Waals surface area contributed by atoms with Crippen LogP contribution in [0.1, 0.15) is 24.5 Å². The fourth-order valence-electron chi connectivity index (χ4n) is 1.78. The van der Waals surface area contributed by atoms with Crippen LogP contribution in [0.3, 0.4) is 0 Å². The molecular weight excluding hydrogens is 329 g/mol. The molecule has 1 aliphatic rings. The van der Waals surface area contributed by atoms with Crippen molar-refractivity contribution in [2.24, 2.45) is 7.05 Å². The smallest absolute Gasteiger partial charge is 0.165 e. The van der Waals surface area contributed by atoms with Gasteiger partial charge in [0.15, 0.2) is 5.82 Å². The fourth-order valence-corrected chi connectivity index (χ4v) is 2.46. The third kappa shape index (κ3) is 2.01. The molecule has 1 saturated carbocycles. The molecular formula is C11H12IN5. The second kappa shape index (κ2) is 3.94. The Bertz CT molecular complexity index is 573. The summed E-state index contributed by atoms with van der Waals surface area (Å²) in [5, 5.41) is 4.13. The van der Waals surface area contributed by atoms with Gasteiger partial charge in [-0.1, -0.05) is 0 Å². The van der Waals surface area contributed by atoms with Gasteiger partial charge in [-0.05, 0) is 35.4 Å². The first-order valence-corrected chi connectivity index (χ1v) is 6.55. The summed E-state index contributed by atoms with van der Waals surface area (Å²) in [6.45, 7) is 0. The second-order valence-corrected chi connectivity index (χ2v) is 5.39. The standard InChI is InChI=1S/C11H12IN5/c1-17-5-7(4-14-17)11-15-9(6-2-3-6)8(12)10(13)16-11/h4-6H,2-3H2,1H3,(H2,13,15,16). The van der Waals surface area contributed by atoms with E-state index in [1.165, 1.54) is 12.8 Å². The summed E-state index contributed by atoms with van der Waals surface area (Å²) in [6, 6.07) is 0. The van der Waals surface area contributed by atoms with Crippen molar-refractivity contribution >= 4 is 28.4 Å². The van der Waals surface area contributed by atoms with Crippen LogP contribution in [-0.4, -0.2) is 19.7 Å². The molecule has 1 aliphatic carbocycles. The number of nitrogens with two attached hydrogens (primary N) is 1. The average molecular weight is 341 g/mol. The molecule has 88 valence electrons. The number of aromatic nitrogens is 4. The number of hydrogen-bond acceptors (Lipinski definition) is 4. The van der Waals surface area contributed by atoms with Crippen LogP contribution in [0.4, 0.5) is 5.82 Å². The van der Waals surface area contributed by atoms with Crippen molar-refractivity contribution in [3.8, 4) is 11.4 Å². The summed E-state index contributed by atoms with van der Waals surface area (Å²) < 4.78 is 2.74. The predicted octanol–water partition coefficient (Wildman–Crippen LogP) is 1.94. The van der Waals surface area contributed by atoms with Gasteiger partial charge in [-0.15, -0.1) is 0 Å². The monoisotopic (exact) mass is 341 g/mol. The minimum Gasteiger partial charge on any atom is -0.383 e. The molecule has 2 aromatic rings. The zero-order chi connectivity index (χ0) is 12.0. The van der Waals surface area contributed by atoms with Crippen LogP contribution in [0, 0.1) is 3.57 Å². The van der Waals surface area contributed by atoms with Crippen LogP contribution < -0.4 is 5.73 Å². The molecule has 17 heavy (non-hydrogen) atoms. The number of rotatable bonds is 2. The molecule has 2 N–H and O–H groups in total. The van der Waals surface area contributed by atoms with E-state index in [-0.39, 0.29) is 0 Å². The maximum absolute atomic E-state index is 5.95. The van der Waals surface area contributed by atoms with Gasteiger partial charge in [-0.25, -0.2) is 9.97 Å². The highest BCUT2D eigenvalue weighted by atomic mass is 127. The molecule has 0 amide bonds. The van der Waals surface area contributed by atoms with E-state index in [2.05, 4.69) is 37.7 Å². The van der Waals surface area contributed by atoms with Crippen LogP contribution in [0.15, 0.2) is 12.4 Å².